The Morgan fingerprint density at radius 3 is 2.84 bits per heavy atom. The van der Waals surface area contributed by atoms with E-state index in [9.17, 15) is 4.79 Å². The predicted octanol–water partition coefficient (Wildman–Crippen LogP) is 1.79. The molecule has 1 aromatic carbocycles. The summed E-state index contributed by atoms with van der Waals surface area (Å²) in [5.41, 5.74) is 1.01. The van der Waals surface area contributed by atoms with Crippen molar-refractivity contribution in [1.29, 1.82) is 0 Å². The number of amides is 1. The molecule has 0 aromatic heterocycles. The van der Waals surface area contributed by atoms with Gasteiger partial charge < -0.3 is 15.7 Å². The molecule has 1 fully saturated rings. The molecule has 0 saturated carbocycles. The van der Waals surface area contributed by atoms with Crippen LogP contribution in [0.1, 0.15) is 31.2 Å². The van der Waals surface area contributed by atoms with Gasteiger partial charge in [0.05, 0.1) is 0 Å². The average Bonchev–Trinajstić information content (AvgIpc) is 2.45. The van der Waals surface area contributed by atoms with Gasteiger partial charge in [0, 0.05) is 13.0 Å². The van der Waals surface area contributed by atoms with Gasteiger partial charge >= 0.3 is 0 Å². The average molecular weight is 262 g/mol. The first kappa shape index (κ1) is 13.9. The van der Waals surface area contributed by atoms with E-state index in [4.69, 9.17) is 5.11 Å². The number of nitrogens with one attached hydrogen (secondary N) is 2. The highest BCUT2D eigenvalue weighted by molar-refractivity contribution is 5.75. The standard InChI is InChI=1S/C15H22N2O2/c18-14-6-3-13(4-7-14)11-17-15(19)8-5-12-2-1-9-16-10-12/h3-4,6-7,12,16,18H,1-2,5,8-11H2,(H,17,19). The highest BCUT2D eigenvalue weighted by atomic mass is 16.3. The van der Waals surface area contributed by atoms with Crippen molar-refractivity contribution < 1.29 is 9.90 Å². The molecule has 2 rings (SSSR count). The van der Waals surface area contributed by atoms with E-state index >= 15 is 0 Å². The second-order valence-electron chi connectivity index (χ2n) is 5.19. The first-order valence-corrected chi connectivity index (χ1v) is 6.99. The number of phenols is 1. The molecule has 1 unspecified atom stereocenters. The number of carbonyl (C=O) groups is 1. The van der Waals surface area contributed by atoms with Crippen molar-refractivity contribution in [2.45, 2.75) is 32.2 Å². The van der Waals surface area contributed by atoms with Crippen LogP contribution in [0.4, 0.5) is 0 Å². The molecule has 104 valence electrons. The van der Waals surface area contributed by atoms with Gasteiger partial charge in [0.15, 0.2) is 0 Å². The van der Waals surface area contributed by atoms with Crippen molar-refractivity contribution in [1.82, 2.24) is 10.6 Å². The van der Waals surface area contributed by atoms with E-state index in [0.717, 1.165) is 25.1 Å². The first-order chi connectivity index (χ1) is 9.24. The first-order valence-electron chi connectivity index (χ1n) is 6.99. The molecular weight excluding hydrogens is 240 g/mol. The maximum Gasteiger partial charge on any atom is 0.220 e. The molecule has 1 aliphatic heterocycles. The summed E-state index contributed by atoms with van der Waals surface area (Å²) >= 11 is 0. The fraction of sp³-hybridized carbons (Fsp3) is 0.533. The number of benzene rings is 1. The third-order valence-corrected chi connectivity index (χ3v) is 3.60. The van der Waals surface area contributed by atoms with Crippen LogP contribution < -0.4 is 10.6 Å². The smallest absolute Gasteiger partial charge is 0.220 e. The molecule has 0 aliphatic carbocycles. The lowest BCUT2D eigenvalue weighted by Gasteiger charge is -2.22. The number of piperidine rings is 1. The van der Waals surface area contributed by atoms with Crippen LogP contribution in [0.25, 0.3) is 0 Å². The Morgan fingerprint density at radius 2 is 2.16 bits per heavy atom. The van der Waals surface area contributed by atoms with Gasteiger partial charge in [0.2, 0.25) is 5.91 Å². The van der Waals surface area contributed by atoms with E-state index in [1.54, 1.807) is 12.1 Å². The lowest BCUT2D eigenvalue weighted by molar-refractivity contribution is -0.121. The zero-order chi connectivity index (χ0) is 13.5. The van der Waals surface area contributed by atoms with Crippen molar-refractivity contribution >= 4 is 5.91 Å². The third kappa shape index (κ3) is 4.91. The van der Waals surface area contributed by atoms with Crippen LogP contribution in [0.5, 0.6) is 5.75 Å². The molecule has 1 atom stereocenters. The number of rotatable bonds is 5. The van der Waals surface area contributed by atoms with E-state index < -0.39 is 0 Å². The number of aromatic hydroxyl groups is 1. The summed E-state index contributed by atoms with van der Waals surface area (Å²) in [6.07, 6.45) is 4.02. The fourth-order valence-electron chi connectivity index (χ4n) is 2.41. The van der Waals surface area contributed by atoms with E-state index in [1.807, 2.05) is 12.1 Å². The Bertz CT molecular complexity index is 397. The fourth-order valence-corrected chi connectivity index (χ4v) is 2.41. The monoisotopic (exact) mass is 262 g/mol. The summed E-state index contributed by atoms with van der Waals surface area (Å²) in [5, 5.41) is 15.5. The molecule has 0 spiro atoms. The summed E-state index contributed by atoms with van der Waals surface area (Å²) in [6.45, 7) is 2.69. The van der Waals surface area contributed by atoms with Crippen LogP contribution in [0.15, 0.2) is 24.3 Å². The van der Waals surface area contributed by atoms with Crippen LogP contribution in [0.2, 0.25) is 0 Å². The van der Waals surface area contributed by atoms with Crippen molar-refractivity contribution in [3.05, 3.63) is 29.8 Å². The Kier molecular flexibility index (Phi) is 5.21. The molecule has 19 heavy (non-hydrogen) atoms. The molecular formula is C15H22N2O2. The minimum absolute atomic E-state index is 0.110. The molecule has 4 nitrogen and oxygen atoms in total. The third-order valence-electron chi connectivity index (χ3n) is 3.60. The van der Waals surface area contributed by atoms with Crippen LogP contribution in [0.3, 0.4) is 0 Å². The highest BCUT2D eigenvalue weighted by Gasteiger charge is 2.14. The minimum atomic E-state index is 0.110. The van der Waals surface area contributed by atoms with Crippen molar-refractivity contribution in [3.63, 3.8) is 0 Å². The summed E-state index contributed by atoms with van der Waals surface area (Å²) in [4.78, 5) is 11.7. The van der Waals surface area contributed by atoms with Crippen molar-refractivity contribution in [2.75, 3.05) is 13.1 Å². The summed E-state index contributed by atoms with van der Waals surface area (Å²) < 4.78 is 0. The Hall–Kier alpha value is -1.55. The highest BCUT2D eigenvalue weighted by Crippen LogP contribution is 2.15. The maximum absolute atomic E-state index is 11.7. The topological polar surface area (TPSA) is 61.4 Å². The molecule has 1 saturated heterocycles. The van der Waals surface area contributed by atoms with E-state index in [-0.39, 0.29) is 11.7 Å². The van der Waals surface area contributed by atoms with Crippen molar-refractivity contribution in [2.24, 2.45) is 5.92 Å². The zero-order valence-electron chi connectivity index (χ0n) is 11.2. The number of hydrogen-bond donors (Lipinski definition) is 3. The van der Waals surface area contributed by atoms with Gasteiger partial charge in [-0.15, -0.1) is 0 Å². The second-order valence-corrected chi connectivity index (χ2v) is 5.19. The van der Waals surface area contributed by atoms with Crippen molar-refractivity contribution in [3.8, 4) is 5.75 Å². The second kappa shape index (κ2) is 7.14. The van der Waals surface area contributed by atoms with Gasteiger partial charge in [-0.05, 0) is 56.0 Å². The van der Waals surface area contributed by atoms with Gasteiger partial charge in [0.25, 0.3) is 0 Å². The minimum Gasteiger partial charge on any atom is -0.508 e. The van der Waals surface area contributed by atoms with E-state index in [2.05, 4.69) is 10.6 Å². The summed E-state index contributed by atoms with van der Waals surface area (Å²) in [5.74, 6) is 1.01. The molecule has 1 aromatic rings. The quantitative estimate of drug-likeness (QED) is 0.758. The molecule has 3 N–H and O–H groups in total. The SMILES string of the molecule is O=C(CCC1CCCNC1)NCc1ccc(O)cc1. The van der Waals surface area contributed by atoms with Gasteiger partial charge in [0.1, 0.15) is 5.75 Å². The predicted molar refractivity (Wildman–Crippen MR) is 74.8 cm³/mol. The van der Waals surface area contributed by atoms with Gasteiger partial charge in [-0.1, -0.05) is 12.1 Å². The molecule has 0 bridgehead atoms. The van der Waals surface area contributed by atoms with Gasteiger partial charge in [-0.2, -0.15) is 0 Å². The Balaban J connectivity index is 1.65. The molecule has 4 heteroatoms. The lowest BCUT2D eigenvalue weighted by atomic mass is 9.94. The van der Waals surface area contributed by atoms with E-state index in [0.29, 0.717) is 18.9 Å². The Labute approximate surface area is 114 Å². The zero-order valence-corrected chi connectivity index (χ0v) is 11.2. The molecule has 1 heterocycles. The lowest BCUT2D eigenvalue weighted by Crippen LogP contribution is -2.31. The summed E-state index contributed by atoms with van der Waals surface area (Å²) in [7, 11) is 0. The van der Waals surface area contributed by atoms with E-state index in [1.165, 1.54) is 12.8 Å². The Morgan fingerprint density at radius 1 is 1.37 bits per heavy atom. The largest absolute Gasteiger partial charge is 0.508 e. The normalized spacial score (nSPS) is 19.1. The van der Waals surface area contributed by atoms with Gasteiger partial charge in [-0.25, -0.2) is 0 Å². The summed E-state index contributed by atoms with van der Waals surface area (Å²) in [6, 6.07) is 6.91. The maximum atomic E-state index is 11.7. The van der Waals surface area contributed by atoms with Gasteiger partial charge in [-0.3, -0.25) is 4.79 Å². The molecule has 1 aliphatic rings. The van der Waals surface area contributed by atoms with Crippen LogP contribution in [0, 0.1) is 5.92 Å². The number of hydrogen-bond acceptors (Lipinski definition) is 3. The number of phenolic OH excluding ortho intramolecular Hbond substituents is 1. The molecule has 1 amide bonds. The van der Waals surface area contributed by atoms with Crippen LogP contribution >= 0.6 is 0 Å². The van der Waals surface area contributed by atoms with Crippen LogP contribution in [-0.4, -0.2) is 24.1 Å². The van der Waals surface area contributed by atoms with Crippen LogP contribution in [-0.2, 0) is 11.3 Å². The molecule has 0 radical (unpaired) electrons. The number of carbonyl (C=O) groups excluding carboxylic acids is 1.